The van der Waals surface area contributed by atoms with Gasteiger partial charge in [0, 0.05) is 4.88 Å². The summed E-state index contributed by atoms with van der Waals surface area (Å²) in [6.45, 7) is 2.50. The Morgan fingerprint density at radius 2 is 2.13 bits per heavy atom. The largest absolute Gasteiger partial charge is 0.333 e. The SMILES string of the molecule is CC(NC(=O)NCc1cccs1)c1ccc(-n2cncn2)cc1. The molecule has 0 aliphatic rings. The monoisotopic (exact) mass is 327 g/mol. The number of aromatic nitrogens is 3. The highest BCUT2D eigenvalue weighted by Crippen LogP contribution is 2.15. The molecular formula is C16H17N5OS. The summed E-state index contributed by atoms with van der Waals surface area (Å²) in [7, 11) is 0. The van der Waals surface area contributed by atoms with Crippen LogP contribution in [0.15, 0.2) is 54.4 Å². The van der Waals surface area contributed by atoms with E-state index >= 15 is 0 Å². The van der Waals surface area contributed by atoms with Crippen molar-refractivity contribution < 1.29 is 4.79 Å². The summed E-state index contributed by atoms with van der Waals surface area (Å²) in [5.74, 6) is 0. The maximum atomic E-state index is 11.9. The molecule has 2 aromatic heterocycles. The molecule has 0 saturated heterocycles. The van der Waals surface area contributed by atoms with Crippen LogP contribution in [0.4, 0.5) is 4.79 Å². The third-order valence-electron chi connectivity index (χ3n) is 3.43. The lowest BCUT2D eigenvalue weighted by molar-refractivity contribution is 0.237. The summed E-state index contributed by atoms with van der Waals surface area (Å²) in [4.78, 5) is 17.0. The summed E-state index contributed by atoms with van der Waals surface area (Å²) in [5, 5.41) is 11.9. The molecule has 2 heterocycles. The van der Waals surface area contributed by atoms with Gasteiger partial charge in [-0.15, -0.1) is 11.3 Å². The average molecular weight is 327 g/mol. The number of carbonyl (C=O) groups is 1. The molecular weight excluding hydrogens is 310 g/mol. The summed E-state index contributed by atoms with van der Waals surface area (Å²) < 4.78 is 1.69. The van der Waals surface area contributed by atoms with Crippen LogP contribution in [0, 0.1) is 0 Å². The van der Waals surface area contributed by atoms with Crippen LogP contribution in [0.3, 0.4) is 0 Å². The van der Waals surface area contributed by atoms with E-state index in [-0.39, 0.29) is 12.1 Å². The van der Waals surface area contributed by atoms with Gasteiger partial charge in [-0.1, -0.05) is 18.2 Å². The molecule has 0 fully saturated rings. The average Bonchev–Trinajstić information content (AvgIpc) is 3.26. The molecule has 2 N–H and O–H groups in total. The van der Waals surface area contributed by atoms with E-state index in [0.717, 1.165) is 16.1 Å². The predicted octanol–water partition coefficient (Wildman–Crippen LogP) is 2.89. The zero-order chi connectivity index (χ0) is 16.1. The summed E-state index contributed by atoms with van der Waals surface area (Å²) in [5.41, 5.74) is 1.96. The van der Waals surface area contributed by atoms with Crippen LogP contribution in [0.5, 0.6) is 0 Å². The van der Waals surface area contributed by atoms with Gasteiger partial charge in [0.05, 0.1) is 18.3 Å². The Morgan fingerprint density at radius 1 is 1.30 bits per heavy atom. The molecule has 7 heteroatoms. The molecule has 0 saturated carbocycles. The Bertz CT molecular complexity index is 737. The van der Waals surface area contributed by atoms with Crippen molar-refractivity contribution in [3.63, 3.8) is 0 Å². The first kappa shape index (κ1) is 15.2. The minimum absolute atomic E-state index is 0.0804. The van der Waals surface area contributed by atoms with E-state index in [0.29, 0.717) is 6.54 Å². The van der Waals surface area contributed by atoms with Gasteiger partial charge in [0.25, 0.3) is 0 Å². The molecule has 1 aromatic carbocycles. The van der Waals surface area contributed by atoms with E-state index in [1.165, 1.54) is 6.33 Å². The van der Waals surface area contributed by atoms with E-state index in [1.807, 2.05) is 48.7 Å². The maximum absolute atomic E-state index is 11.9. The number of nitrogens with one attached hydrogen (secondary N) is 2. The highest BCUT2D eigenvalue weighted by Gasteiger charge is 2.09. The summed E-state index contributed by atoms with van der Waals surface area (Å²) in [6, 6.07) is 11.6. The molecule has 0 aliphatic carbocycles. The number of rotatable bonds is 5. The van der Waals surface area contributed by atoms with Crippen molar-refractivity contribution in [1.82, 2.24) is 25.4 Å². The van der Waals surface area contributed by atoms with Crippen molar-refractivity contribution in [2.24, 2.45) is 0 Å². The summed E-state index contributed by atoms with van der Waals surface area (Å²) >= 11 is 1.62. The second-order valence-electron chi connectivity index (χ2n) is 5.06. The van der Waals surface area contributed by atoms with E-state index in [9.17, 15) is 4.79 Å². The maximum Gasteiger partial charge on any atom is 0.315 e. The van der Waals surface area contributed by atoms with Gasteiger partial charge in [0.1, 0.15) is 12.7 Å². The zero-order valence-electron chi connectivity index (χ0n) is 12.6. The molecule has 1 atom stereocenters. The normalized spacial score (nSPS) is 11.9. The second kappa shape index (κ2) is 7.06. The van der Waals surface area contributed by atoms with Crippen LogP contribution in [-0.2, 0) is 6.54 Å². The third kappa shape index (κ3) is 3.95. The standard InChI is InChI=1S/C16H17N5OS/c1-12(20-16(22)18-9-15-3-2-8-23-15)13-4-6-14(7-5-13)21-11-17-10-19-21/h2-8,10-12H,9H2,1H3,(H2,18,20,22). The van der Waals surface area contributed by atoms with E-state index < -0.39 is 0 Å². The second-order valence-corrected chi connectivity index (χ2v) is 6.09. The molecule has 3 rings (SSSR count). The number of thiophene rings is 1. The quantitative estimate of drug-likeness (QED) is 0.757. The topological polar surface area (TPSA) is 71.8 Å². The molecule has 0 bridgehead atoms. The smallest absolute Gasteiger partial charge is 0.315 e. The van der Waals surface area contributed by atoms with Crippen LogP contribution in [0.1, 0.15) is 23.4 Å². The van der Waals surface area contributed by atoms with Crippen molar-refractivity contribution in [2.75, 3.05) is 0 Å². The minimum atomic E-state index is -0.175. The number of urea groups is 1. The minimum Gasteiger partial charge on any atom is -0.333 e. The third-order valence-corrected chi connectivity index (χ3v) is 4.30. The number of nitrogens with zero attached hydrogens (tertiary/aromatic N) is 3. The van der Waals surface area contributed by atoms with Crippen LogP contribution < -0.4 is 10.6 Å². The van der Waals surface area contributed by atoms with Crippen molar-refractivity contribution in [3.05, 3.63) is 64.9 Å². The van der Waals surface area contributed by atoms with Crippen LogP contribution in [-0.4, -0.2) is 20.8 Å². The van der Waals surface area contributed by atoms with E-state index in [2.05, 4.69) is 20.7 Å². The number of carbonyl (C=O) groups excluding carboxylic acids is 1. The van der Waals surface area contributed by atoms with Crippen molar-refractivity contribution in [1.29, 1.82) is 0 Å². The lowest BCUT2D eigenvalue weighted by Crippen LogP contribution is -2.36. The zero-order valence-corrected chi connectivity index (χ0v) is 13.5. The summed E-state index contributed by atoms with van der Waals surface area (Å²) in [6.07, 6.45) is 3.14. The first-order valence-electron chi connectivity index (χ1n) is 7.24. The fourth-order valence-corrected chi connectivity index (χ4v) is 2.81. The van der Waals surface area contributed by atoms with Crippen molar-refractivity contribution >= 4 is 17.4 Å². The Labute approximate surface area is 138 Å². The molecule has 6 nitrogen and oxygen atoms in total. The lowest BCUT2D eigenvalue weighted by Gasteiger charge is -2.15. The Hall–Kier alpha value is -2.67. The number of benzene rings is 1. The highest BCUT2D eigenvalue weighted by molar-refractivity contribution is 7.09. The van der Waals surface area contributed by atoms with Crippen LogP contribution in [0.2, 0.25) is 0 Å². The molecule has 3 aromatic rings. The number of hydrogen-bond donors (Lipinski definition) is 2. The Kier molecular flexibility index (Phi) is 4.68. The fourth-order valence-electron chi connectivity index (χ4n) is 2.17. The van der Waals surface area contributed by atoms with Gasteiger partial charge in [0.15, 0.2) is 0 Å². The first-order valence-corrected chi connectivity index (χ1v) is 8.12. The number of amides is 2. The molecule has 23 heavy (non-hydrogen) atoms. The van der Waals surface area contributed by atoms with Gasteiger partial charge >= 0.3 is 6.03 Å². The van der Waals surface area contributed by atoms with E-state index in [1.54, 1.807) is 22.3 Å². The van der Waals surface area contributed by atoms with Gasteiger partial charge in [-0.05, 0) is 36.1 Å². The van der Waals surface area contributed by atoms with Crippen molar-refractivity contribution in [2.45, 2.75) is 19.5 Å². The van der Waals surface area contributed by atoms with Crippen molar-refractivity contribution in [3.8, 4) is 5.69 Å². The van der Waals surface area contributed by atoms with Gasteiger partial charge in [0.2, 0.25) is 0 Å². The predicted molar refractivity (Wildman–Crippen MR) is 89.5 cm³/mol. The van der Waals surface area contributed by atoms with Gasteiger partial charge < -0.3 is 10.6 Å². The number of hydrogen-bond acceptors (Lipinski definition) is 4. The first-order chi connectivity index (χ1) is 11.2. The Balaban J connectivity index is 1.55. The lowest BCUT2D eigenvalue weighted by atomic mass is 10.1. The molecule has 2 amide bonds. The van der Waals surface area contributed by atoms with Crippen LogP contribution >= 0.6 is 11.3 Å². The van der Waals surface area contributed by atoms with Gasteiger partial charge in [-0.25, -0.2) is 14.5 Å². The molecule has 1 unspecified atom stereocenters. The molecule has 0 aliphatic heterocycles. The van der Waals surface area contributed by atoms with Gasteiger partial charge in [-0.2, -0.15) is 5.10 Å². The molecule has 0 spiro atoms. The fraction of sp³-hybridized carbons (Fsp3) is 0.188. The Morgan fingerprint density at radius 3 is 2.78 bits per heavy atom. The highest BCUT2D eigenvalue weighted by atomic mass is 32.1. The molecule has 118 valence electrons. The van der Waals surface area contributed by atoms with E-state index in [4.69, 9.17) is 0 Å². The van der Waals surface area contributed by atoms with Crippen LogP contribution in [0.25, 0.3) is 5.69 Å². The van der Waals surface area contributed by atoms with Gasteiger partial charge in [-0.3, -0.25) is 0 Å². The molecule has 0 radical (unpaired) electrons.